The number of benzene rings is 2. The summed E-state index contributed by atoms with van der Waals surface area (Å²) in [7, 11) is 0. The first-order valence-electron chi connectivity index (χ1n) is 7.62. The summed E-state index contributed by atoms with van der Waals surface area (Å²) in [6, 6.07) is 11.5. The third kappa shape index (κ3) is 2.80. The monoisotopic (exact) mass is 266 g/mol. The zero-order valence-corrected chi connectivity index (χ0v) is 13.7. The van der Waals surface area contributed by atoms with Crippen LogP contribution in [0.3, 0.4) is 0 Å². The average Bonchev–Trinajstić information content (AvgIpc) is 2.40. The third-order valence-corrected chi connectivity index (χ3v) is 4.40. The SMILES string of the molecule is CCC(C)c1cc(C)c(-c2cc(C)ccc2C)c(C)c1. The summed E-state index contributed by atoms with van der Waals surface area (Å²) in [5.74, 6) is 0.639. The quantitative estimate of drug-likeness (QED) is 0.629. The van der Waals surface area contributed by atoms with Crippen molar-refractivity contribution in [3.05, 3.63) is 58.1 Å². The van der Waals surface area contributed by atoms with Crippen molar-refractivity contribution in [3.63, 3.8) is 0 Å². The van der Waals surface area contributed by atoms with Gasteiger partial charge in [-0.2, -0.15) is 0 Å². The molecule has 0 heterocycles. The molecule has 0 radical (unpaired) electrons. The molecular formula is C20H26. The minimum absolute atomic E-state index is 0.639. The predicted octanol–water partition coefficient (Wildman–Crippen LogP) is 6.10. The first kappa shape index (κ1) is 14.8. The van der Waals surface area contributed by atoms with Gasteiger partial charge in [0.15, 0.2) is 0 Å². The first-order valence-corrected chi connectivity index (χ1v) is 7.62. The van der Waals surface area contributed by atoms with Gasteiger partial charge in [0.05, 0.1) is 0 Å². The van der Waals surface area contributed by atoms with Crippen LogP contribution in [0.25, 0.3) is 11.1 Å². The Balaban J connectivity index is 2.61. The predicted molar refractivity (Wildman–Crippen MR) is 89.5 cm³/mol. The summed E-state index contributed by atoms with van der Waals surface area (Å²) in [5.41, 5.74) is 9.75. The number of aryl methyl sites for hydroxylation is 4. The van der Waals surface area contributed by atoms with Crippen LogP contribution < -0.4 is 0 Å². The molecule has 0 aliphatic rings. The fourth-order valence-electron chi connectivity index (χ4n) is 2.95. The molecule has 0 fully saturated rings. The van der Waals surface area contributed by atoms with Gasteiger partial charge in [0.25, 0.3) is 0 Å². The Hall–Kier alpha value is -1.56. The lowest BCUT2D eigenvalue weighted by atomic mass is 9.87. The van der Waals surface area contributed by atoms with Crippen LogP contribution in [0.4, 0.5) is 0 Å². The van der Waals surface area contributed by atoms with E-state index in [9.17, 15) is 0 Å². The molecule has 0 saturated carbocycles. The number of hydrogen-bond donors (Lipinski definition) is 0. The molecule has 2 aromatic rings. The minimum atomic E-state index is 0.639. The van der Waals surface area contributed by atoms with Crippen molar-refractivity contribution in [1.29, 1.82) is 0 Å². The Bertz CT molecular complexity index is 597. The van der Waals surface area contributed by atoms with E-state index in [1.165, 1.54) is 45.4 Å². The summed E-state index contributed by atoms with van der Waals surface area (Å²) in [4.78, 5) is 0. The fourth-order valence-corrected chi connectivity index (χ4v) is 2.95. The highest BCUT2D eigenvalue weighted by molar-refractivity contribution is 5.74. The van der Waals surface area contributed by atoms with Crippen LogP contribution >= 0.6 is 0 Å². The van der Waals surface area contributed by atoms with Crippen LogP contribution in [0, 0.1) is 27.7 Å². The second-order valence-corrected chi connectivity index (χ2v) is 6.16. The average molecular weight is 266 g/mol. The molecule has 0 heteroatoms. The molecule has 0 spiro atoms. The van der Waals surface area contributed by atoms with Crippen molar-refractivity contribution in [2.24, 2.45) is 0 Å². The first-order chi connectivity index (χ1) is 9.43. The Morgan fingerprint density at radius 1 is 0.850 bits per heavy atom. The molecule has 0 amide bonds. The second-order valence-electron chi connectivity index (χ2n) is 6.16. The van der Waals surface area contributed by atoms with Gasteiger partial charge in [-0.15, -0.1) is 0 Å². The molecule has 20 heavy (non-hydrogen) atoms. The lowest BCUT2D eigenvalue weighted by Gasteiger charge is -2.18. The normalized spacial score (nSPS) is 12.5. The van der Waals surface area contributed by atoms with E-state index in [4.69, 9.17) is 0 Å². The maximum absolute atomic E-state index is 2.37. The van der Waals surface area contributed by atoms with Crippen LogP contribution in [0.5, 0.6) is 0 Å². The standard InChI is InChI=1S/C20H26/c1-7-14(3)18-11-16(5)20(17(6)12-18)19-10-13(2)8-9-15(19)4/h8-12,14H,7H2,1-6H3. The van der Waals surface area contributed by atoms with Gasteiger partial charge < -0.3 is 0 Å². The topological polar surface area (TPSA) is 0 Å². The summed E-state index contributed by atoms with van der Waals surface area (Å²) in [5, 5.41) is 0. The molecule has 0 N–H and O–H groups in total. The second kappa shape index (κ2) is 5.83. The Kier molecular flexibility index (Phi) is 4.32. The summed E-state index contributed by atoms with van der Waals surface area (Å²) < 4.78 is 0. The molecule has 106 valence electrons. The number of rotatable bonds is 3. The van der Waals surface area contributed by atoms with E-state index in [0.717, 1.165) is 0 Å². The van der Waals surface area contributed by atoms with Crippen LogP contribution in [0.15, 0.2) is 30.3 Å². The van der Waals surface area contributed by atoms with E-state index in [0.29, 0.717) is 5.92 Å². The van der Waals surface area contributed by atoms with Crippen LogP contribution in [0.2, 0.25) is 0 Å². The largest absolute Gasteiger partial charge is 0.0648 e. The molecule has 0 aliphatic heterocycles. The highest BCUT2D eigenvalue weighted by Crippen LogP contribution is 2.33. The fraction of sp³-hybridized carbons (Fsp3) is 0.400. The van der Waals surface area contributed by atoms with Crippen molar-refractivity contribution in [2.75, 3.05) is 0 Å². The molecule has 1 unspecified atom stereocenters. The zero-order chi connectivity index (χ0) is 14.9. The highest BCUT2D eigenvalue weighted by atomic mass is 14.2. The smallest absolute Gasteiger partial charge is 0.0122 e. The molecule has 0 aliphatic carbocycles. The maximum atomic E-state index is 2.37. The lowest BCUT2D eigenvalue weighted by molar-refractivity contribution is 0.732. The maximum Gasteiger partial charge on any atom is -0.0122 e. The van der Waals surface area contributed by atoms with Gasteiger partial charge in [0.2, 0.25) is 0 Å². The number of hydrogen-bond acceptors (Lipinski definition) is 0. The van der Waals surface area contributed by atoms with Gasteiger partial charge in [-0.05, 0) is 73.4 Å². The van der Waals surface area contributed by atoms with Gasteiger partial charge in [0, 0.05) is 0 Å². The van der Waals surface area contributed by atoms with Crippen LogP contribution in [0.1, 0.15) is 54.0 Å². The molecule has 1 atom stereocenters. The Labute approximate surface area is 123 Å². The Morgan fingerprint density at radius 2 is 1.45 bits per heavy atom. The molecular weight excluding hydrogens is 240 g/mol. The van der Waals surface area contributed by atoms with Crippen molar-refractivity contribution in [1.82, 2.24) is 0 Å². The van der Waals surface area contributed by atoms with Crippen LogP contribution in [-0.4, -0.2) is 0 Å². The lowest BCUT2D eigenvalue weighted by Crippen LogP contribution is -1.97. The molecule has 2 rings (SSSR count). The van der Waals surface area contributed by atoms with E-state index < -0.39 is 0 Å². The van der Waals surface area contributed by atoms with Gasteiger partial charge in [-0.1, -0.05) is 49.7 Å². The molecule has 0 nitrogen and oxygen atoms in total. The van der Waals surface area contributed by atoms with E-state index in [-0.39, 0.29) is 0 Å². The molecule has 0 aromatic heterocycles. The summed E-state index contributed by atoms with van der Waals surface area (Å²) in [6.07, 6.45) is 1.20. The zero-order valence-electron chi connectivity index (χ0n) is 13.7. The Morgan fingerprint density at radius 3 is 2.00 bits per heavy atom. The van der Waals surface area contributed by atoms with E-state index in [1.807, 2.05) is 0 Å². The van der Waals surface area contributed by atoms with E-state index in [2.05, 4.69) is 71.9 Å². The molecule has 0 bridgehead atoms. The highest BCUT2D eigenvalue weighted by Gasteiger charge is 2.12. The van der Waals surface area contributed by atoms with Crippen molar-refractivity contribution in [2.45, 2.75) is 53.9 Å². The minimum Gasteiger partial charge on any atom is -0.0648 e. The van der Waals surface area contributed by atoms with E-state index >= 15 is 0 Å². The van der Waals surface area contributed by atoms with E-state index in [1.54, 1.807) is 0 Å². The molecule has 0 saturated heterocycles. The van der Waals surface area contributed by atoms with Crippen molar-refractivity contribution in [3.8, 4) is 11.1 Å². The summed E-state index contributed by atoms with van der Waals surface area (Å²) >= 11 is 0. The van der Waals surface area contributed by atoms with Gasteiger partial charge >= 0.3 is 0 Å². The van der Waals surface area contributed by atoms with Crippen LogP contribution in [-0.2, 0) is 0 Å². The summed E-state index contributed by atoms with van der Waals surface area (Å²) in [6.45, 7) is 13.4. The third-order valence-electron chi connectivity index (χ3n) is 4.40. The van der Waals surface area contributed by atoms with Gasteiger partial charge in [-0.25, -0.2) is 0 Å². The van der Waals surface area contributed by atoms with Gasteiger partial charge in [-0.3, -0.25) is 0 Å². The van der Waals surface area contributed by atoms with Crippen molar-refractivity contribution >= 4 is 0 Å². The molecule has 2 aromatic carbocycles. The van der Waals surface area contributed by atoms with Gasteiger partial charge in [0.1, 0.15) is 0 Å². The van der Waals surface area contributed by atoms with Crippen molar-refractivity contribution < 1.29 is 0 Å².